The van der Waals surface area contributed by atoms with E-state index in [9.17, 15) is 4.79 Å². The molecule has 2 heterocycles. The van der Waals surface area contributed by atoms with Crippen molar-refractivity contribution in [2.45, 2.75) is 25.3 Å². The van der Waals surface area contributed by atoms with Gasteiger partial charge in [0.2, 0.25) is 5.91 Å². The summed E-state index contributed by atoms with van der Waals surface area (Å²) in [6.07, 6.45) is 8.09. The van der Waals surface area contributed by atoms with Crippen LogP contribution in [-0.4, -0.2) is 33.4 Å². The van der Waals surface area contributed by atoms with E-state index in [-0.39, 0.29) is 30.7 Å². The second kappa shape index (κ2) is 8.79. The maximum Gasteiger partial charge on any atom is 0.226 e. The molecule has 3 rings (SSSR count). The van der Waals surface area contributed by atoms with E-state index in [1.54, 1.807) is 6.20 Å². The predicted octanol–water partition coefficient (Wildman–Crippen LogP) is 2.72. The first-order valence-electron chi connectivity index (χ1n) is 7.32. The first-order chi connectivity index (χ1) is 10.2. The molecule has 7 heteroatoms. The third kappa shape index (κ3) is 4.88. The van der Waals surface area contributed by atoms with Crippen molar-refractivity contribution in [2.75, 3.05) is 18.8 Å². The number of carbonyl (C=O) groups is 1. The standard InChI is InChI=1S/C16H20N4O.2ClH/c17-14-3-1-13(2-4-14)11-16(21)19-8-5-15(6-9-19)20-10-7-18-12-20;;/h1-4,7,10,12,15H,5-6,8-9,11,17H2;2*1H. The fourth-order valence-corrected chi connectivity index (χ4v) is 2.82. The van der Waals surface area contributed by atoms with Crippen molar-refractivity contribution in [1.82, 2.24) is 14.5 Å². The van der Waals surface area contributed by atoms with Crippen molar-refractivity contribution in [3.63, 3.8) is 0 Å². The van der Waals surface area contributed by atoms with Gasteiger partial charge in [-0.1, -0.05) is 12.1 Å². The number of imidazole rings is 1. The number of nitrogen functional groups attached to an aromatic ring is 1. The molecule has 0 radical (unpaired) electrons. The van der Waals surface area contributed by atoms with Crippen LogP contribution in [-0.2, 0) is 11.2 Å². The Balaban J connectivity index is 0.00000132. The lowest BCUT2D eigenvalue weighted by atomic mass is 10.0. The van der Waals surface area contributed by atoms with Gasteiger partial charge in [-0.3, -0.25) is 4.79 Å². The lowest BCUT2D eigenvalue weighted by Crippen LogP contribution is -2.39. The molecule has 0 aliphatic carbocycles. The molecule has 1 aromatic carbocycles. The SMILES string of the molecule is Cl.Cl.Nc1ccc(CC(=O)N2CCC(n3ccnc3)CC2)cc1. The van der Waals surface area contributed by atoms with Gasteiger partial charge in [0.05, 0.1) is 12.7 Å². The van der Waals surface area contributed by atoms with Crippen LogP contribution in [0.4, 0.5) is 5.69 Å². The molecule has 0 unspecified atom stereocenters. The molecule has 0 saturated carbocycles. The highest BCUT2D eigenvalue weighted by Crippen LogP contribution is 2.22. The van der Waals surface area contributed by atoms with Crippen LogP contribution in [0, 0.1) is 0 Å². The number of nitrogens with zero attached hydrogens (tertiary/aromatic N) is 3. The van der Waals surface area contributed by atoms with Crippen LogP contribution in [0.5, 0.6) is 0 Å². The Morgan fingerprint density at radius 2 is 1.83 bits per heavy atom. The Morgan fingerprint density at radius 3 is 2.39 bits per heavy atom. The van der Waals surface area contributed by atoms with E-state index in [1.165, 1.54) is 0 Å². The molecule has 2 aromatic rings. The molecule has 126 valence electrons. The van der Waals surface area contributed by atoms with Crippen LogP contribution in [0.1, 0.15) is 24.4 Å². The van der Waals surface area contributed by atoms with Gasteiger partial charge in [-0.25, -0.2) is 4.98 Å². The zero-order valence-corrected chi connectivity index (χ0v) is 14.4. The lowest BCUT2D eigenvalue weighted by Gasteiger charge is -2.32. The molecule has 1 saturated heterocycles. The summed E-state index contributed by atoms with van der Waals surface area (Å²) in [7, 11) is 0. The number of likely N-dealkylation sites (tertiary alicyclic amines) is 1. The van der Waals surface area contributed by atoms with Crippen LogP contribution in [0.2, 0.25) is 0 Å². The highest BCUT2D eigenvalue weighted by Gasteiger charge is 2.23. The summed E-state index contributed by atoms with van der Waals surface area (Å²) in [5.41, 5.74) is 7.41. The number of hydrogen-bond acceptors (Lipinski definition) is 3. The number of anilines is 1. The molecule has 1 aromatic heterocycles. The molecule has 1 aliphatic heterocycles. The minimum absolute atomic E-state index is 0. The highest BCUT2D eigenvalue weighted by atomic mass is 35.5. The number of piperidine rings is 1. The maximum absolute atomic E-state index is 12.3. The van der Waals surface area contributed by atoms with Crippen LogP contribution < -0.4 is 5.73 Å². The highest BCUT2D eigenvalue weighted by molar-refractivity contribution is 5.85. The average molecular weight is 357 g/mol. The Morgan fingerprint density at radius 1 is 1.17 bits per heavy atom. The zero-order valence-electron chi connectivity index (χ0n) is 12.8. The minimum atomic E-state index is 0. The second-order valence-corrected chi connectivity index (χ2v) is 5.54. The summed E-state index contributed by atoms with van der Waals surface area (Å²) in [6.45, 7) is 1.63. The number of amides is 1. The van der Waals surface area contributed by atoms with Gasteiger partial charge >= 0.3 is 0 Å². The van der Waals surface area contributed by atoms with E-state index >= 15 is 0 Å². The topological polar surface area (TPSA) is 64.2 Å². The van der Waals surface area contributed by atoms with E-state index in [0.717, 1.165) is 37.2 Å². The monoisotopic (exact) mass is 356 g/mol. The molecular formula is C16H22Cl2N4O. The number of aromatic nitrogens is 2. The molecule has 1 aliphatic rings. The van der Waals surface area contributed by atoms with Gasteiger partial charge in [0.15, 0.2) is 0 Å². The number of benzene rings is 1. The van der Waals surface area contributed by atoms with E-state index in [2.05, 4.69) is 9.55 Å². The van der Waals surface area contributed by atoms with Crippen molar-refractivity contribution < 1.29 is 4.79 Å². The summed E-state index contributed by atoms with van der Waals surface area (Å²) in [5, 5.41) is 0. The number of halogens is 2. The normalized spacial score (nSPS) is 14.7. The van der Waals surface area contributed by atoms with Crippen LogP contribution in [0.25, 0.3) is 0 Å². The summed E-state index contributed by atoms with van der Waals surface area (Å²) in [4.78, 5) is 18.4. The van der Waals surface area contributed by atoms with E-state index in [4.69, 9.17) is 5.73 Å². The minimum Gasteiger partial charge on any atom is -0.399 e. The molecule has 2 N–H and O–H groups in total. The second-order valence-electron chi connectivity index (χ2n) is 5.54. The van der Waals surface area contributed by atoms with Crippen molar-refractivity contribution in [3.05, 3.63) is 48.5 Å². The predicted molar refractivity (Wildman–Crippen MR) is 96.1 cm³/mol. The quantitative estimate of drug-likeness (QED) is 0.859. The summed E-state index contributed by atoms with van der Waals surface area (Å²) >= 11 is 0. The van der Waals surface area contributed by atoms with Crippen molar-refractivity contribution in [3.8, 4) is 0 Å². The molecule has 0 spiro atoms. The first kappa shape index (κ1) is 19.3. The molecule has 0 atom stereocenters. The average Bonchev–Trinajstić information content (AvgIpc) is 3.04. The number of hydrogen-bond donors (Lipinski definition) is 1. The van der Waals surface area contributed by atoms with Gasteiger partial charge in [0, 0.05) is 37.2 Å². The lowest BCUT2D eigenvalue weighted by molar-refractivity contribution is -0.131. The maximum atomic E-state index is 12.3. The number of nitrogens with two attached hydrogens (primary N) is 1. The van der Waals surface area contributed by atoms with Crippen molar-refractivity contribution in [2.24, 2.45) is 0 Å². The summed E-state index contributed by atoms with van der Waals surface area (Å²) in [5.74, 6) is 0.198. The Hall–Kier alpha value is -1.72. The van der Waals surface area contributed by atoms with Crippen molar-refractivity contribution in [1.29, 1.82) is 0 Å². The summed E-state index contributed by atoms with van der Waals surface area (Å²) < 4.78 is 2.14. The molecule has 1 fully saturated rings. The smallest absolute Gasteiger partial charge is 0.226 e. The van der Waals surface area contributed by atoms with Gasteiger partial charge in [0.1, 0.15) is 0 Å². The Bertz CT molecular complexity index is 593. The van der Waals surface area contributed by atoms with Crippen LogP contribution >= 0.6 is 24.8 Å². The van der Waals surface area contributed by atoms with Crippen LogP contribution in [0.15, 0.2) is 43.0 Å². The zero-order chi connectivity index (χ0) is 14.7. The summed E-state index contributed by atoms with van der Waals surface area (Å²) in [6, 6.07) is 7.99. The molecule has 23 heavy (non-hydrogen) atoms. The third-order valence-corrected chi connectivity index (χ3v) is 4.10. The molecule has 0 bridgehead atoms. The third-order valence-electron chi connectivity index (χ3n) is 4.10. The van der Waals surface area contributed by atoms with E-state index in [1.807, 2.05) is 41.7 Å². The Kier molecular flexibility index (Phi) is 7.39. The fourth-order valence-electron chi connectivity index (χ4n) is 2.82. The van der Waals surface area contributed by atoms with Gasteiger partial charge in [-0.2, -0.15) is 0 Å². The number of carbonyl (C=O) groups excluding carboxylic acids is 1. The molecular weight excluding hydrogens is 335 g/mol. The Labute approximate surface area is 148 Å². The van der Waals surface area contributed by atoms with Gasteiger partial charge in [-0.15, -0.1) is 24.8 Å². The fraction of sp³-hybridized carbons (Fsp3) is 0.375. The van der Waals surface area contributed by atoms with Gasteiger partial charge in [-0.05, 0) is 30.5 Å². The number of rotatable bonds is 3. The van der Waals surface area contributed by atoms with E-state index < -0.39 is 0 Å². The largest absolute Gasteiger partial charge is 0.399 e. The van der Waals surface area contributed by atoms with Crippen molar-refractivity contribution >= 4 is 36.4 Å². The molecule has 1 amide bonds. The van der Waals surface area contributed by atoms with E-state index in [0.29, 0.717) is 12.5 Å². The molecule has 5 nitrogen and oxygen atoms in total. The van der Waals surface area contributed by atoms with Gasteiger partial charge < -0.3 is 15.2 Å². The van der Waals surface area contributed by atoms with Gasteiger partial charge in [0.25, 0.3) is 0 Å². The van der Waals surface area contributed by atoms with Crippen LogP contribution in [0.3, 0.4) is 0 Å². The first-order valence-corrected chi connectivity index (χ1v) is 7.32.